The number of hydrogen-bond donors (Lipinski definition) is 0. The SMILES string of the molecule is CC(=O)N(CCC[N+]1(C)CCCCC1)Cc1ccccc1. The molecular weight excluding hydrogens is 260 g/mol. The number of carbonyl (C=O) groups excluding carboxylic acids is 1. The minimum Gasteiger partial charge on any atom is -0.338 e. The summed E-state index contributed by atoms with van der Waals surface area (Å²) in [5.41, 5.74) is 1.21. The Labute approximate surface area is 129 Å². The summed E-state index contributed by atoms with van der Waals surface area (Å²) in [7, 11) is 2.37. The van der Waals surface area contributed by atoms with Crippen molar-refractivity contribution < 1.29 is 9.28 Å². The molecule has 0 unspecified atom stereocenters. The van der Waals surface area contributed by atoms with E-state index in [1.165, 1.54) is 48.9 Å². The fourth-order valence-electron chi connectivity index (χ4n) is 3.29. The second kappa shape index (κ2) is 7.60. The van der Waals surface area contributed by atoms with Crippen molar-refractivity contribution in [1.82, 2.24) is 4.90 Å². The first kappa shape index (κ1) is 16.0. The molecule has 0 N–H and O–H groups in total. The van der Waals surface area contributed by atoms with E-state index in [0.717, 1.165) is 19.5 Å². The topological polar surface area (TPSA) is 20.3 Å². The van der Waals surface area contributed by atoms with Gasteiger partial charge in [-0.1, -0.05) is 30.3 Å². The molecule has 1 amide bonds. The first-order chi connectivity index (χ1) is 10.1. The maximum Gasteiger partial charge on any atom is 0.219 e. The molecule has 2 rings (SSSR count). The number of benzene rings is 1. The fraction of sp³-hybridized carbons (Fsp3) is 0.611. The third-order valence-corrected chi connectivity index (χ3v) is 4.68. The summed E-state index contributed by atoms with van der Waals surface area (Å²) in [4.78, 5) is 13.8. The van der Waals surface area contributed by atoms with Gasteiger partial charge in [0.25, 0.3) is 0 Å². The molecule has 1 saturated heterocycles. The predicted octanol–water partition coefficient (Wildman–Crippen LogP) is 3.06. The van der Waals surface area contributed by atoms with Gasteiger partial charge in [0.1, 0.15) is 0 Å². The normalized spacial score (nSPS) is 17.4. The summed E-state index contributed by atoms with van der Waals surface area (Å²) < 4.78 is 1.19. The van der Waals surface area contributed by atoms with Crippen LogP contribution in [0.4, 0.5) is 0 Å². The Morgan fingerprint density at radius 3 is 2.43 bits per heavy atom. The highest BCUT2D eigenvalue weighted by Gasteiger charge is 2.24. The Hall–Kier alpha value is -1.35. The van der Waals surface area contributed by atoms with Gasteiger partial charge in [-0.05, 0) is 24.8 Å². The lowest BCUT2D eigenvalue weighted by Gasteiger charge is -2.38. The number of rotatable bonds is 6. The molecule has 0 aliphatic carbocycles. The van der Waals surface area contributed by atoms with Crippen LogP contribution in [0.2, 0.25) is 0 Å². The monoisotopic (exact) mass is 289 g/mol. The van der Waals surface area contributed by atoms with Crippen molar-refractivity contribution in [2.75, 3.05) is 33.2 Å². The van der Waals surface area contributed by atoms with Crippen LogP contribution in [0.25, 0.3) is 0 Å². The number of amides is 1. The zero-order valence-electron chi connectivity index (χ0n) is 13.6. The van der Waals surface area contributed by atoms with E-state index in [4.69, 9.17) is 0 Å². The summed E-state index contributed by atoms with van der Waals surface area (Å²) in [6.45, 7) is 7.09. The van der Waals surface area contributed by atoms with Crippen LogP contribution >= 0.6 is 0 Å². The Balaban J connectivity index is 1.81. The van der Waals surface area contributed by atoms with Gasteiger partial charge in [-0.3, -0.25) is 4.79 Å². The second-order valence-corrected chi connectivity index (χ2v) is 6.63. The molecule has 3 nitrogen and oxygen atoms in total. The molecule has 1 aromatic rings. The van der Waals surface area contributed by atoms with Crippen LogP contribution in [0.3, 0.4) is 0 Å². The van der Waals surface area contributed by atoms with E-state index in [9.17, 15) is 4.79 Å². The lowest BCUT2D eigenvalue weighted by atomic mass is 10.1. The maximum absolute atomic E-state index is 11.8. The molecule has 0 radical (unpaired) electrons. The van der Waals surface area contributed by atoms with Crippen molar-refractivity contribution in [3.8, 4) is 0 Å². The van der Waals surface area contributed by atoms with E-state index in [1.807, 2.05) is 23.1 Å². The third-order valence-electron chi connectivity index (χ3n) is 4.68. The summed E-state index contributed by atoms with van der Waals surface area (Å²) >= 11 is 0. The van der Waals surface area contributed by atoms with Crippen molar-refractivity contribution in [1.29, 1.82) is 0 Å². The molecule has 1 aromatic carbocycles. The van der Waals surface area contributed by atoms with Crippen molar-refractivity contribution in [3.05, 3.63) is 35.9 Å². The van der Waals surface area contributed by atoms with Crippen LogP contribution in [0.15, 0.2) is 30.3 Å². The molecule has 0 spiro atoms. The zero-order chi connectivity index (χ0) is 15.1. The minimum atomic E-state index is 0.181. The predicted molar refractivity (Wildman–Crippen MR) is 86.8 cm³/mol. The third kappa shape index (κ3) is 5.16. The molecule has 1 heterocycles. The van der Waals surface area contributed by atoms with Crippen LogP contribution in [0, 0.1) is 0 Å². The highest BCUT2D eigenvalue weighted by Crippen LogP contribution is 2.17. The molecule has 3 heteroatoms. The lowest BCUT2D eigenvalue weighted by Crippen LogP contribution is -2.49. The highest BCUT2D eigenvalue weighted by molar-refractivity contribution is 5.73. The number of hydrogen-bond acceptors (Lipinski definition) is 1. The van der Waals surface area contributed by atoms with Crippen molar-refractivity contribution in [2.45, 2.75) is 39.2 Å². The summed E-state index contributed by atoms with van der Waals surface area (Å²) in [5, 5.41) is 0. The smallest absolute Gasteiger partial charge is 0.219 e. The molecule has 21 heavy (non-hydrogen) atoms. The van der Waals surface area contributed by atoms with Crippen LogP contribution in [0.5, 0.6) is 0 Å². The highest BCUT2D eigenvalue weighted by atomic mass is 16.2. The lowest BCUT2D eigenvalue weighted by molar-refractivity contribution is -0.914. The Bertz CT molecular complexity index is 438. The quantitative estimate of drug-likeness (QED) is 0.737. The van der Waals surface area contributed by atoms with Gasteiger partial charge >= 0.3 is 0 Å². The van der Waals surface area contributed by atoms with E-state index < -0.39 is 0 Å². The number of likely N-dealkylation sites (tertiary alicyclic amines) is 1. The van der Waals surface area contributed by atoms with Gasteiger partial charge < -0.3 is 9.38 Å². The molecule has 0 atom stereocenters. The van der Waals surface area contributed by atoms with Gasteiger partial charge in [0.05, 0.1) is 26.7 Å². The Morgan fingerprint density at radius 1 is 1.14 bits per heavy atom. The van der Waals surface area contributed by atoms with Gasteiger partial charge in [0.15, 0.2) is 0 Å². The average molecular weight is 289 g/mol. The van der Waals surface area contributed by atoms with E-state index in [1.54, 1.807) is 6.92 Å². The van der Waals surface area contributed by atoms with E-state index >= 15 is 0 Å². The van der Waals surface area contributed by atoms with Gasteiger partial charge in [-0.15, -0.1) is 0 Å². The maximum atomic E-state index is 11.8. The van der Waals surface area contributed by atoms with Crippen molar-refractivity contribution in [3.63, 3.8) is 0 Å². The molecule has 1 aliphatic rings. The molecule has 116 valence electrons. The summed E-state index contributed by atoms with van der Waals surface area (Å²) in [6.07, 6.45) is 5.21. The molecule has 0 saturated carbocycles. The number of carbonyl (C=O) groups is 1. The van der Waals surface area contributed by atoms with Crippen LogP contribution < -0.4 is 0 Å². The molecular formula is C18H29N2O+. The van der Waals surface area contributed by atoms with Gasteiger partial charge in [-0.25, -0.2) is 0 Å². The van der Waals surface area contributed by atoms with E-state index in [-0.39, 0.29) is 5.91 Å². The zero-order valence-corrected chi connectivity index (χ0v) is 13.6. The number of nitrogens with zero attached hydrogens (tertiary/aromatic N) is 2. The first-order valence-electron chi connectivity index (χ1n) is 8.22. The molecule has 0 bridgehead atoms. The standard InChI is InChI=1S/C18H29N2O/c1-17(21)19(16-18-10-5-3-6-11-18)12-9-15-20(2)13-7-4-8-14-20/h3,5-6,10-11H,4,7-9,12-16H2,1-2H3/q+1. The largest absolute Gasteiger partial charge is 0.338 e. The summed E-state index contributed by atoms with van der Waals surface area (Å²) in [6, 6.07) is 10.3. The molecule has 0 aromatic heterocycles. The second-order valence-electron chi connectivity index (χ2n) is 6.63. The Kier molecular flexibility index (Phi) is 5.80. The van der Waals surface area contributed by atoms with Crippen LogP contribution in [0.1, 0.15) is 38.2 Å². The average Bonchev–Trinajstić information content (AvgIpc) is 2.48. The molecule has 1 fully saturated rings. The first-order valence-corrected chi connectivity index (χ1v) is 8.22. The van der Waals surface area contributed by atoms with Gasteiger partial charge in [-0.2, -0.15) is 0 Å². The van der Waals surface area contributed by atoms with Crippen molar-refractivity contribution >= 4 is 5.91 Å². The van der Waals surface area contributed by atoms with Gasteiger partial charge in [0, 0.05) is 26.4 Å². The van der Waals surface area contributed by atoms with E-state index in [0.29, 0.717) is 0 Å². The molecule has 1 aliphatic heterocycles. The Morgan fingerprint density at radius 2 is 1.81 bits per heavy atom. The van der Waals surface area contributed by atoms with E-state index in [2.05, 4.69) is 19.2 Å². The summed E-state index contributed by atoms with van der Waals surface area (Å²) in [5.74, 6) is 0.181. The minimum absolute atomic E-state index is 0.181. The van der Waals surface area contributed by atoms with Crippen LogP contribution in [-0.4, -0.2) is 48.5 Å². The van der Waals surface area contributed by atoms with Crippen LogP contribution in [-0.2, 0) is 11.3 Å². The number of piperidine rings is 1. The van der Waals surface area contributed by atoms with Crippen molar-refractivity contribution in [2.24, 2.45) is 0 Å². The van der Waals surface area contributed by atoms with Gasteiger partial charge in [0.2, 0.25) is 5.91 Å². The number of quaternary nitrogens is 1. The fourth-order valence-corrected chi connectivity index (χ4v) is 3.29.